The normalized spacial score (nSPS) is 11.7. The standard InChI is InChI=1S/C19H20BrN3S/c1-19(2,3)15-8-6-14(7-9-15)17-21-18(23-22-17)24-12-13-4-10-16(20)11-5-13/h4-11H,12H2,1-3H3,(H,21,22,23). The number of thioether (sulfide) groups is 1. The minimum Gasteiger partial charge on any atom is -0.258 e. The van der Waals surface area contributed by atoms with E-state index in [2.05, 4.69) is 100 Å². The van der Waals surface area contributed by atoms with Gasteiger partial charge in [0.25, 0.3) is 0 Å². The summed E-state index contributed by atoms with van der Waals surface area (Å²) in [6.45, 7) is 6.65. The molecule has 0 unspecified atom stereocenters. The molecular formula is C19H20BrN3S. The SMILES string of the molecule is CC(C)(C)c1ccc(-c2nc(SCc3ccc(Br)cc3)n[nH]2)cc1. The number of halogens is 1. The first-order chi connectivity index (χ1) is 11.4. The lowest BCUT2D eigenvalue weighted by Gasteiger charge is -2.18. The van der Waals surface area contributed by atoms with Crippen LogP contribution in [0.1, 0.15) is 31.9 Å². The summed E-state index contributed by atoms with van der Waals surface area (Å²) >= 11 is 5.08. The summed E-state index contributed by atoms with van der Waals surface area (Å²) < 4.78 is 1.09. The fourth-order valence-electron chi connectivity index (χ4n) is 2.30. The summed E-state index contributed by atoms with van der Waals surface area (Å²) in [5, 5.41) is 8.12. The van der Waals surface area contributed by atoms with Gasteiger partial charge in [-0.2, -0.15) is 0 Å². The van der Waals surface area contributed by atoms with E-state index in [1.807, 2.05) is 0 Å². The number of nitrogens with one attached hydrogen (secondary N) is 1. The molecule has 0 aliphatic carbocycles. The third kappa shape index (κ3) is 4.28. The predicted molar refractivity (Wildman–Crippen MR) is 104 cm³/mol. The summed E-state index contributed by atoms with van der Waals surface area (Å²) in [5.74, 6) is 1.67. The summed E-state index contributed by atoms with van der Waals surface area (Å²) in [4.78, 5) is 4.59. The van der Waals surface area contributed by atoms with Gasteiger partial charge in [0.15, 0.2) is 5.82 Å². The van der Waals surface area contributed by atoms with Crippen molar-refractivity contribution in [3.8, 4) is 11.4 Å². The van der Waals surface area contributed by atoms with Crippen LogP contribution < -0.4 is 0 Å². The molecule has 0 aliphatic heterocycles. The number of aromatic nitrogens is 3. The van der Waals surface area contributed by atoms with Crippen molar-refractivity contribution >= 4 is 27.7 Å². The predicted octanol–water partition coefficient (Wildman–Crippen LogP) is 5.82. The highest BCUT2D eigenvalue weighted by Crippen LogP contribution is 2.26. The first-order valence-electron chi connectivity index (χ1n) is 7.82. The maximum Gasteiger partial charge on any atom is 0.209 e. The van der Waals surface area contributed by atoms with Gasteiger partial charge in [-0.25, -0.2) is 4.98 Å². The van der Waals surface area contributed by atoms with Crippen molar-refractivity contribution in [3.05, 3.63) is 64.1 Å². The number of aromatic amines is 1. The van der Waals surface area contributed by atoms with Crippen molar-refractivity contribution in [3.63, 3.8) is 0 Å². The Morgan fingerprint density at radius 1 is 1.00 bits per heavy atom. The van der Waals surface area contributed by atoms with Crippen molar-refractivity contribution in [1.29, 1.82) is 0 Å². The van der Waals surface area contributed by atoms with E-state index in [0.717, 1.165) is 26.8 Å². The molecule has 3 rings (SSSR count). The topological polar surface area (TPSA) is 41.6 Å². The van der Waals surface area contributed by atoms with Crippen LogP contribution in [0, 0.1) is 0 Å². The lowest BCUT2D eigenvalue weighted by Crippen LogP contribution is -2.10. The van der Waals surface area contributed by atoms with Gasteiger partial charge in [-0.15, -0.1) is 5.10 Å². The van der Waals surface area contributed by atoms with Crippen molar-refractivity contribution in [2.75, 3.05) is 0 Å². The molecule has 0 amide bonds. The molecule has 1 aromatic heterocycles. The zero-order valence-electron chi connectivity index (χ0n) is 14.0. The van der Waals surface area contributed by atoms with E-state index in [1.54, 1.807) is 11.8 Å². The van der Waals surface area contributed by atoms with E-state index in [-0.39, 0.29) is 5.41 Å². The van der Waals surface area contributed by atoms with E-state index < -0.39 is 0 Å². The van der Waals surface area contributed by atoms with Crippen LogP contribution in [-0.4, -0.2) is 15.2 Å². The Morgan fingerprint density at radius 3 is 2.29 bits per heavy atom. The lowest BCUT2D eigenvalue weighted by atomic mass is 9.87. The molecule has 2 aromatic carbocycles. The van der Waals surface area contributed by atoms with E-state index in [9.17, 15) is 0 Å². The Morgan fingerprint density at radius 2 is 1.67 bits per heavy atom. The van der Waals surface area contributed by atoms with Gasteiger partial charge in [0.2, 0.25) is 5.16 Å². The minimum absolute atomic E-state index is 0.158. The maximum atomic E-state index is 4.59. The first-order valence-corrected chi connectivity index (χ1v) is 9.60. The smallest absolute Gasteiger partial charge is 0.209 e. The van der Waals surface area contributed by atoms with Crippen LogP contribution in [-0.2, 0) is 11.2 Å². The number of rotatable bonds is 4. The molecule has 3 aromatic rings. The van der Waals surface area contributed by atoms with Crippen molar-refractivity contribution in [2.45, 2.75) is 37.1 Å². The van der Waals surface area contributed by atoms with Crippen LogP contribution in [0.3, 0.4) is 0 Å². The summed E-state index contributed by atoms with van der Waals surface area (Å²) in [7, 11) is 0. The molecule has 0 atom stereocenters. The molecule has 1 N–H and O–H groups in total. The molecule has 124 valence electrons. The van der Waals surface area contributed by atoms with Crippen LogP contribution in [0.4, 0.5) is 0 Å². The number of benzene rings is 2. The zero-order valence-corrected chi connectivity index (χ0v) is 16.4. The van der Waals surface area contributed by atoms with Gasteiger partial charge >= 0.3 is 0 Å². The molecule has 5 heteroatoms. The zero-order chi connectivity index (χ0) is 17.2. The third-order valence-corrected chi connectivity index (χ3v) is 5.22. The van der Waals surface area contributed by atoms with E-state index in [0.29, 0.717) is 0 Å². The summed E-state index contributed by atoms with van der Waals surface area (Å²) in [6.07, 6.45) is 0. The van der Waals surface area contributed by atoms with E-state index in [1.165, 1.54) is 11.1 Å². The van der Waals surface area contributed by atoms with Crippen molar-refractivity contribution in [1.82, 2.24) is 15.2 Å². The molecule has 0 saturated carbocycles. The highest BCUT2D eigenvalue weighted by atomic mass is 79.9. The second-order valence-electron chi connectivity index (χ2n) is 6.71. The highest BCUT2D eigenvalue weighted by molar-refractivity contribution is 9.10. The Balaban J connectivity index is 1.68. The second kappa shape index (κ2) is 7.11. The Hall–Kier alpha value is -1.59. The largest absolute Gasteiger partial charge is 0.258 e. The molecule has 0 spiro atoms. The Labute approximate surface area is 155 Å². The van der Waals surface area contributed by atoms with Gasteiger partial charge in [0.1, 0.15) is 0 Å². The fraction of sp³-hybridized carbons (Fsp3) is 0.263. The number of hydrogen-bond donors (Lipinski definition) is 1. The molecule has 0 fully saturated rings. The van der Waals surface area contributed by atoms with Crippen molar-refractivity contribution in [2.24, 2.45) is 0 Å². The van der Waals surface area contributed by atoms with E-state index >= 15 is 0 Å². The number of nitrogens with zero attached hydrogens (tertiary/aromatic N) is 2. The van der Waals surface area contributed by atoms with Crippen LogP contribution in [0.2, 0.25) is 0 Å². The van der Waals surface area contributed by atoms with Gasteiger partial charge in [0, 0.05) is 15.8 Å². The molecule has 0 radical (unpaired) electrons. The average Bonchev–Trinajstić information content (AvgIpc) is 3.03. The lowest BCUT2D eigenvalue weighted by molar-refractivity contribution is 0.590. The van der Waals surface area contributed by atoms with Gasteiger partial charge in [-0.05, 0) is 28.7 Å². The number of H-pyrrole nitrogens is 1. The summed E-state index contributed by atoms with van der Waals surface area (Å²) in [5.41, 5.74) is 3.79. The van der Waals surface area contributed by atoms with Crippen molar-refractivity contribution < 1.29 is 0 Å². The van der Waals surface area contributed by atoms with Gasteiger partial charge in [-0.1, -0.05) is 84.9 Å². The van der Waals surface area contributed by atoms with Crippen LogP contribution in [0.25, 0.3) is 11.4 Å². The molecular weight excluding hydrogens is 382 g/mol. The number of hydrogen-bond acceptors (Lipinski definition) is 3. The van der Waals surface area contributed by atoms with Gasteiger partial charge in [0.05, 0.1) is 0 Å². The first kappa shape index (κ1) is 17.2. The third-order valence-electron chi connectivity index (χ3n) is 3.77. The quantitative estimate of drug-likeness (QED) is 0.559. The summed E-state index contributed by atoms with van der Waals surface area (Å²) in [6, 6.07) is 16.8. The van der Waals surface area contributed by atoms with Gasteiger partial charge < -0.3 is 0 Å². The fourth-order valence-corrected chi connectivity index (χ4v) is 3.32. The Kier molecular flexibility index (Phi) is 5.11. The van der Waals surface area contributed by atoms with Crippen LogP contribution >= 0.6 is 27.7 Å². The second-order valence-corrected chi connectivity index (χ2v) is 8.57. The van der Waals surface area contributed by atoms with Crippen LogP contribution in [0.15, 0.2) is 58.2 Å². The molecule has 3 nitrogen and oxygen atoms in total. The molecule has 0 aliphatic rings. The van der Waals surface area contributed by atoms with Crippen LogP contribution in [0.5, 0.6) is 0 Å². The molecule has 24 heavy (non-hydrogen) atoms. The minimum atomic E-state index is 0.158. The molecule has 0 saturated heterocycles. The Bertz CT molecular complexity index is 802. The monoisotopic (exact) mass is 401 g/mol. The maximum absolute atomic E-state index is 4.59. The highest BCUT2D eigenvalue weighted by Gasteiger charge is 2.14. The molecule has 1 heterocycles. The molecule has 0 bridgehead atoms. The van der Waals surface area contributed by atoms with E-state index in [4.69, 9.17) is 0 Å². The van der Waals surface area contributed by atoms with Gasteiger partial charge in [-0.3, -0.25) is 5.10 Å². The average molecular weight is 402 g/mol.